The van der Waals surface area contributed by atoms with E-state index in [4.69, 9.17) is 4.98 Å². The van der Waals surface area contributed by atoms with Crippen LogP contribution in [-0.2, 0) is 0 Å². The fourth-order valence-electron chi connectivity index (χ4n) is 2.09. The molecular weight excluding hydrogens is 312 g/mol. The summed E-state index contributed by atoms with van der Waals surface area (Å²) in [5.41, 5.74) is 4.85. The summed E-state index contributed by atoms with van der Waals surface area (Å²) in [5.74, 6) is 0. The Morgan fingerprint density at radius 3 is 1.65 bits per heavy atom. The van der Waals surface area contributed by atoms with Gasteiger partial charge < -0.3 is 0 Å². The lowest BCUT2D eigenvalue weighted by Crippen LogP contribution is -1.97. The standard InChI is InChI=1S/C17H13BrN2/c1-12-17(18)20-16(14-10-6-3-7-11-14)15(19-12)13-8-4-2-5-9-13/h2-11H,1H3. The van der Waals surface area contributed by atoms with E-state index < -0.39 is 0 Å². The van der Waals surface area contributed by atoms with E-state index >= 15 is 0 Å². The molecule has 2 nitrogen and oxygen atoms in total. The Hall–Kier alpha value is -2.00. The predicted octanol–water partition coefficient (Wildman–Crippen LogP) is 4.88. The van der Waals surface area contributed by atoms with Gasteiger partial charge in [0.05, 0.1) is 17.1 Å². The Bertz CT molecular complexity index is 660. The molecule has 0 aliphatic carbocycles. The molecule has 1 heterocycles. The molecular formula is C17H13BrN2. The Labute approximate surface area is 126 Å². The van der Waals surface area contributed by atoms with Crippen molar-refractivity contribution in [1.82, 2.24) is 9.97 Å². The highest BCUT2D eigenvalue weighted by Gasteiger charge is 2.13. The number of halogens is 1. The number of hydrogen-bond acceptors (Lipinski definition) is 2. The van der Waals surface area contributed by atoms with Crippen LogP contribution < -0.4 is 0 Å². The third-order valence-electron chi connectivity index (χ3n) is 3.11. The van der Waals surface area contributed by atoms with E-state index in [0.717, 1.165) is 32.8 Å². The fraction of sp³-hybridized carbons (Fsp3) is 0.0588. The van der Waals surface area contributed by atoms with Gasteiger partial charge in [-0.15, -0.1) is 0 Å². The van der Waals surface area contributed by atoms with Crippen LogP contribution in [0.15, 0.2) is 65.3 Å². The van der Waals surface area contributed by atoms with Crippen molar-refractivity contribution >= 4 is 15.9 Å². The van der Waals surface area contributed by atoms with Crippen LogP contribution in [0, 0.1) is 6.92 Å². The average molecular weight is 325 g/mol. The van der Waals surface area contributed by atoms with Gasteiger partial charge in [-0.2, -0.15) is 0 Å². The molecule has 0 spiro atoms. The second-order valence-electron chi connectivity index (χ2n) is 4.53. The summed E-state index contributed by atoms with van der Waals surface area (Å²) in [5, 5.41) is 0. The zero-order valence-corrected chi connectivity index (χ0v) is 12.6. The first kappa shape index (κ1) is 13.0. The second kappa shape index (κ2) is 5.55. The topological polar surface area (TPSA) is 25.8 Å². The van der Waals surface area contributed by atoms with Crippen molar-refractivity contribution in [2.75, 3.05) is 0 Å². The number of benzene rings is 2. The third-order valence-corrected chi connectivity index (χ3v) is 3.86. The molecule has 20 heavy (non-hydrogen) atoms. The number of hydrogen-bond donors (Lipinski definition) is 0. The van der Waals surface area contributed by atoms with Crippen LogP contribution >= 0.6 is 15.9 Å². The lowest BCUT2D eigenvalue weighted by atomic mass is 10.0. The van der Waals surface area contributed by atoms with Gasteiger partial charge >= 0.3 is 0 Å². The molecule has 0 unspecified atom stereocenters. The molecule has 1 aromatic heterocycles. The highest BCUT2D eigenvalue weighted by atomic mass is 79.9. The maximum Gasteiger partial charge on any atom is 0.128 e. The third kappa shape index (κ3) is 2.49. The SMILES string of the molecule is Cc1nc(-c2ccccc2)c(-c2ccccc2)nc1Br. The van der Waals surface area contributed by atoms with E-state index in [9.17, 15) is 0 Å². The summed E-state index contributed by atoms with van der Waals surface area (Å²) < 4.78 is 0.788. The first-order valence-electron chi connectivity index (χ1n) is 6.40. The largest absolute Gasteiger partial charge is 0.248 e. The Balaban J connectivity index is 2.26. The van der Waals surface area contributed by atoms with Gasteiger partial charge in [0.25, 0.3) is 0 Å². The lowest BCUT2D eigenvalue weighted by molar-refractivity contribution is 1.09. The fourth-order valence-corrected chi connectivity index (χ4v) is 2.36. The van der Waals surface area contributed by atoms with E-state index in [1.54, 1.807) is 0 Å². The van der Waals surface area contributed by atoms with Crippen LogP contribution in [0.2, 0.25) is 0 Å². The van der Waals surface area contributed by atoms with E-state index in [1.807, 2.05) is 43.3 Å². The molecule has 0 aliphatic rings. The van der Waals surface area contributed by atoms with Gasteiger partial charge in [0.1, 0.15) is 4.60 Å². The van der Waals surface area contributed by atoms with Crippen LogP contribution in [0.25, 0.3) is 22.5 Å². The molecule has 2 aromatic carbocycles. The van der Waals surface area contributed by atoms with Crippen LogP contribution in [-0.4, -0.2) is 9.97 Å². The van der Waals surface area contributed by atoms with Crippen molar-refractivity contribution in [3.63, 3.8) is 0 Å². The molecule has 0 amide bonds. The highest BCUT2D eigenvalue weighted by Crippen LogP contribution is 2.30. The smallest absolute Gasteiger partial charge is 0.128 e. The first-order chi connectivity index (χ1) is 9.75. The Kier molecular flexibility index (Phi) is 3.61. The minimum atomic E-state index is 0.788. The van der Waals surface area contributed by atoms with Crippen molar-refractivity contribution in [1.29, 1.82) is 0 Å². The normalized spacial score (nSPS) is 10.5. The van der Waals surface area contributed by atoms with E-state index in [-0.39, 0.29) is 0 Å². The number of nitrogens with zero attached hydrogens (tertiary/aromatic N) is 2. The van der Waals surface area contributed by atoms with Gasteiger partial charge in [0.15, 0.2) is 0 Å². The molecule has 98 valence electrons. The number of rotatable bonds is 2. The minimum Gasteiger partial charge on any atom is -0.248 e. The summed E-state index contributed by atoms with van der Waals surface area (Å²) in [6.45, 7) is 1.96. The van der Waals surface area contributed by atoms with Crippen molar-refractivity contribution < 1.29 is 0 Å². The van der Waals surface area contributed by atoms with E-state index in [1.165, 1.54) is 0 Å². The molecule has 3 heteroatoms. The molecule has 3 rings (SSSR count). The lowest BCUT2D eigenvalue weighted by Gasteiger charge is -2.10. The van der Waals surface area contributed by atoms with Crippen LogP contribution in [0.1, 0.15) is 5.69 Å². The van der Waals surface area contributed by atoms with Gasteiger partial charge in [-0.3, -0.25) is 0 Å². The van der Waals surface area contributed by atoms with Gasteiger partial charge in [0.2, 0.25) is 0 Å². The summed E-state index contributed by atoms with van der Waals surface area (Å²) in [6.07, 6.45) is 0. The molecule has 0 radical (unpaired) electrons. The second-order valence-corrected chi connectivity index (χ2v) is 5.28. The summed E-state index contributed by atoms with van der Waals surface area (Å²) >= 11 is 3.48. The number of aromatic nitrogens is 2. The zero-order valence-electron chi connectivity index (χ0n) is 11.0. The maximum atomic E-state index is 4.71. The van der Waals surface area contributed by atoms with E-state index in [0.29, 0.717) is 0 Å². The van der Waals surface area contributed by atoms with Crippen molar-refractivity contribution in [2.45, 2.75) is 6.92 Å². The van der Waals surface area contributed by atoms with Crippen molar-refractivity contribution in [2.24, 2.45) is 0 Å². The van der Waals surface area contributed by atoms with Gasteiger partial charge in [-0.25, -0.2) is 9.97 Å². The van der Waals surface area contributed by atoms with Crippen molar-refractivity contribution in [3.05, 3.63) is 71.0 Å². The molecule has 3 aromatic rings. The average Bonchev–Trinajstić information content (AvgIpc) is 2.51. The van der Waals surface area contributed by atoms with Crippen molar-refractivity contribution in [3.8, 4) is 22.5 Å². The molecule has 0 saturated carbocycles. The quantitative estimate of drug-likeness (QED) is 0.671. The zero-order chi connectivity index (χ0) is 13.9. The summed E-state index contributed by atoms with van der Waals surface area (Å²) in [6, 6.07) is 20.3. The molecule has 0 N–H and O–H groups in total. The molecule has 0 aliphatic heterocycles. The predicted molar refractivity (Wildman–Crippen MR) is 85.3 cm³/mol. The molecule has 0 saturated heterocycles. The molecule has 0 bridgehead atoms. The first-order valence-corrected chi connectivity index (χ1v) is 7.20. The molecule has 0 atom stereocenters. The monoisotopic (exact) mass is 324 g/mol. The minimum absolute atomic E-state index is 0.788. The Morgan fingerprint density at radius 1 is 0.700 bits per heavy atom. The van der Waals surface area contributed by atoms with Crippen LogP contribution in [0.3, 0.4) is 0 Å². The van der Waals surface area contributed by atoms with Crippen LogP contribution in [0.4, 0.5) is 0 Å². The Morgan fingerprint density at radius 2 is 1.15 bits per heavy atom. The summed E-state index contributed by atoms with van der Waals surface area (Å²) in [7, 11) is 0. The highest BCUT2D eigenvalue weighted by molar-refractivity contribution is 9.10. The number of aryl methyl sites for hydroxylation is 1. The maximum absolute atomic E-state index is 4.71. The molecule has 0 fully saturated rings. The van der Waals surface area contributed by atoms with Gasteiger partial charge in [0, 0.05) is 11.1 Å². The van der Waals surface area contributed by atoms with Gasteiger partial charge in [-0.05, 0) is 22.9 Å². The summed E-state index contributed by atoms with van der Waals surface area (Å²) in [4.78, 5) is 9.38. The van der Waals surface area contributed by atoms with E-state index in [2.05, 4.69) is 45.2 Å². The van der Waals surface area contributed by atoms with Crippen LogP contribution in [0.5, 0.6) is 0 Å². The van der Waals surface area contributed by atoms with Gasteiger partial charge in [-0.1, -0.05) is 60.7 Å².